The number of esters is 1. The van der Waals surface area contributed by atoms with E-state index in [0.717, 1.165) is 27.7 Å². The monoisotopic (exact) mass is 450 g/mol. The summed E-state index contributed by atoms with van der Waals surface area (Å²) in [5.41, 5.74) is 3.88. The highest BCUT2D eigenvalue weighted by Gasteiger charge is 2.21. The van der Waals surface area contributed by atoms with E-state index in [0.29, 0.717) is 17.5 Å². The topological polar surface area (TPSA) is 94.8 Å². The normalized spacial score (nSPS) is 10.9. The van der Waals surface area contributed by atoms with E-state index in [1.165, 1.54) is 6.20 Å². The zero-order chi connectivity index (χ0) is 23.5. The van der Waals surface area contributed by atoms with Gasteiger partial charge in [0.05, 0.1) is 24.0 Å². The Kier molecular flexibility index (Phi) is 5.70. The van der Waals surface area contributed by atoms with Gasteiger partial charge in [-0.2, -0.15) is 9.78 Å². The van der Waals surface area contributed by atoms with Crippen molar-refractivity contribution in [1.29, 1.82) is 0 Å². The number of hydrogen-bond acceptors (Lipinski definition) is 7. The summed E-state index contributed by atoms with van der Waals surface area (Å²) in [6, 6.07) is 23.3. The van der Waals surface area contributed by atoms with Crippen LogP contribution in [-0.2, 0) is 4.74 Å². The van der Waals surface area contributed by atoms with Crippen LogP contribution in [0.4, 0.5) is 11.6 Å². The fraction of sp³-hybridized carbons (Fsp3) is 0.115. The van der Waals surface area contributed by atoms with Crippen molar-refractivity contribution in [3.63, 3.8) is 0 Å². The summed E-state index contributed by atoms with van der Waals surface area (Å²) in [5.74, 6) is 0.956. The lowest BCUT2D eigenvalue weighted by molar-refractivity contribution is 0.0527. The van der Waals surface area contributed by atoms with Crippen molar-refractivity contribution >= 4 is 28.5 Å². The Balaban J connectivity index is 1.56. The first-order valence-electron chi connectivity index (χ1n) is 10.9. The third-order valence-corrected chi connectivity index (χ3v) is 5.37. The van der Waals surface area contributed by atoms with Crippen LogP contribution >= 0.6 is 0 Å². The van der Waals surface area contributed by atoms with E-state index >= 15 is 0 Å². The Morgan fingerprint density at radius 1 is 1.00 bits per heavy atom. The minimum atomic E-state index is -0.484. The molecule has 3 heterocycles. The number of fused-ring (bicyclic) bond motifs is 1. The number of aryl methyl sites for hydroxylation is 1. The van der Waals surface area contributed by atoms with Crippen molar-refractivity contribution in [3.05, 3.63) is 90.1 Å². The van der Waals surface area contributed by atoms with Crippen LogP contribution in [0.1, 0.15) is 22.8 Å². The van der Waals surface area contributed by atoms with Crippen molar-refractivity contribution in [1.82, 2.24) is 25.0 Å². The second-order valence-corrected chi connectivity index (χ2v) is 7.65. The maximum Gasteiger partial charge on any atom is 0.343 e. The van der Waals surface area contributed by atoms with Crippen LogP contribution in [0.5, 0.6) is 0 Å². The van der Waals surface area contributed by atoms with Gasteiger partial charge in [0.2, 0.25) is 0 Å². The number of rotatable bonds is 6. The summed E-state index contributed by atoms with van der Waals surface area (Å²) in [6.45, 7) is 4.03. The molecule has 3 aromatic heterocycles. The lowest BCUT2D eigenvalue weighted by Gasteiger charge is -2.12. The lowest BCUT2D eigenvalue weighted by Crippen LogP contribution is -2.11. The van der Waals surface area contributed by atoms with E-state index in [9.17, 15) is 4.79 Å². The third-order valence-electron chi connectivity index (χ3n) is 5.37. The lowest BCUT2D eigenvalue weighted by atomic mass is 10.1. The molecule has 0 bridgehead atoms. The first kappa shape index (κ1) is 21.3. The summed E-state index contributed by atoms with van der Waals surface area (Å²) < 4.78 is 6.82. The molecule has 0 atom stereocenters. The zero-order valence-electron chi connectivity index (χ0n) is 18.8. The summed E-state index contributed by atoms with van der Waals surface area (Å²) in [7, 11) is 0. The van der Waals surface area contributed by atoms with Crippen molar-refractivity contribution in [2.24, 2.45) is 0 Å². The van der Waals surface area contributed by atoms with Crippen LogP contribution in [0.2, 0.25) is 0 Å². The van der Waals surface area contributed by atoms with Crippen LogP contribution in [0.25, 0.3) is 28.0 Å². The largest absolute Gasteiger partial charge is 0.462 e. The van der Waals surface area contributed by atoms with E-state index in [1.807, 2.05) is 73.7 Å². The van der Waals surface area contributed by atoms with Gasteiger partial charge in [-0.1, -0.05) is 48.5 Å². The van der Waals surface area contributed by atoms with Gasteiger partial charge >= 0.3 is 5.97 Å². The second-order valence-electron chi connectivity index (χ2n) is 7.65. The van der Waals surface area contributed by atoms with Crippen LogP contribution in [-0.4, -0.2) is 37.5 Å². The van der Waals surface area contributed by atoms with Crippen LogP contribution in [0, 0.1) is 6.92 Å². The number of ether oxygens (including phenoxy) is 1. The molecule has 8 nitrogen and oxygen atoms in total. The van der Waals surface area contributed by atoms with E-state index in [4.69, 9.17) is 9.72 Å². The molecule has 0 spiro atoms. The van der Waals surface area contributed by atoms with Crippen molar-refractivity contribution in [3.8, 4) is 17.1 Å². The Labute approximate surface area is 196 Å². The molecule has 0 aliphatic carbocycles. The van der Waals surface area contributed by atoms with E-state index in [-0.39, 0.29) is 12.2 Å². The Morgan fingerprint density at radius 3 is 2.56 bits per heavy atom. The average Bonchev–Trinajstić information content (AvgIpc) is 3.29. The van der Waals surface area contributed by atoms with Gasteiger partial charge in [0.15, 0.2) is 17.5 Å². The number of carbonyl (C=O) groups is 1. The predicted octanol–water partition coefficient (Wildman–Crippen LogP) is 5.11. The SMILES string of the molecule is CCOC(=O)c1cnn(-c2cc(C)c3ccccc3n2)c1Nc1ccc(-c2ccccc2)nn1. The van der Waals surface area contributed by atoms with Gasteiger partial charge in [-0.3, -0.25) is 0 Å². The molecule has 0 fully saturated rings. The van der Waals surface area contributed by atoms with Gasteiger partial charge in [-0.05, 0) is 43.7 Å². The quantitative estimate of drug-likeness (QED) is 0.359. The molecule has 0 saturated heterocycles. The highest BCUT2D eigenvalue weighted by Crippen LogP contribution is 2.27. The number of anilines is 2. The molecule has 0 aliphatic rings. The minimum Gasteiger partial charge on any atom is -0.462 e. The molecule has 168 valence electrons. The number of para-hydroxylation sites is 1. The molecule has 0 unspecified atom stereocenters. The number of hydrogen-bond donors (Lipinski definition) is 1. The molecule has 0 amide bonds. The fourth-order valence-electron chi connectivity index (χ4n) is 3.72. The molecule has 2 aromatic carbocycles. The molecular weight excluding hydrogens is 428 g/mol. The third kappa shape index (κ3) is 4.09. The molecule has 0 aliphatic heterocycles. The highest BCUT2D eigenvalue weighted by molar-refractivity contribution is 5.95. The average molecular weight is 451 g/mol. The Hall–Kier alpha value is -4.59. The number of carbonyl (C=O) groups excluding carboxylic acids is 1. The van der Waals surface area contributed by atoms with Gasteiger partial charge < -0.3 is 10.1 Å². The maximum atomic E-state index is 12.6. The van der Waals surface area contributed by atoms with Crippen LogP contribution in [0.3, 0.4) is 0 Å². The minimum absolute atomic E-state index is 0.252. The zero-order valence-corrected chi connectivity index (χ0v) is 18.8. The number of nitrogens with one attached hydrogen (secondary N) is 1. The Bertz CT molecular complexity index is 1460. The molecule has 1 N–H and O–H groups in total. The first-order chi connectivity index (χ1) is 16.6. The standard InChI is InChI=1S/C26H22N6O2/c1-3-34-26(33)20-16-27-32(24-15-17(2)19-11-7-8-12-22(19)28-24)25(20)29-23-14-13-21(30-31-23)18-9-5-4-6-10-18/h4-16H,3H2,1-2H3,(H,29,31). The van der Waals surface area contributed by atoms with E-state index < -0.39 is 5.97 Å². The van der Waals surface area contributed by atoms with Crippen molar-refractivity contribution in [2.45, 2.75) is 13.8 Å². The summed E-state index contributed by atoms with van der Waals surface area (Å²) in [6.07, 6.45) is 1.47. The summed E-state index contributed by atoms with van der Waals surface area (Å²) in [5, 5.41) is 17.3. The predicted molar refractivity (Wildman–Crippen MR) is 130 cm³/mol. The number of nitrogens with zero attached hydrogens (tertiary/aromatic N) is 5. The molecule has 8 heteroatoms. The van der Waals surface area contributed by atoms with Gasteiger partial charge in [0, 0.05) is 10.9 Å². The smallest absolute Gasteiger partial charge is 0.343 e. The highest BCUT2D eigenvalue weighted by atomic mass is 16.5. The molecular formula is C26H22N6O2. The first-order valence-corrected chi connectivity index (χ1v) is 10.9. The van der Waals surface area contributed by atoms with Gasteiger partial charge in [-0.25, -0.2) is 9.78 Å². The number of aromatic nitrogens is 5. The molecule has 5 rings (SSSR count). The van der Waals surface area contributed by atoms with Gasteiger partial charge in [0.1, 0.15) is 5.56 Å². The van der Waals surface area contributed by atoms with Crippen LogP contribution in [0.15, 0.2) is 79.0 Å². The molecule has 5 aromatic rings. The fourth-order valence-corrected chi connectivity index (χ4v) is 3.72. The number of benzene rings is 2. The van der Waals surface area contributed by atoms with E-state index in [1.54, 1.807) is 17.7 Å². The van der Waals surface area contributed by atoms with E-state index in [2.05, 4.69) is 20.6 Å². The maximum absolute atomic E-state index is 12.6. The number of pyridine rings is 1. The summed E-state index contributed by atoms with van der Waals surface area (Å²) >= 11 is 0. The second kappa shape index (κ2) is 9.11. The van der Waals surface area contributed by atoms with Crippen molar-refractivity contribution < 1.29 is 9.53 Å². The van der Waals surface area contributed by atoms with Crippen molar-refractivity contribution in [2.75, 3.05) is 11.9 Å². The molecule has 0 radical (unpaired) electrons. The summed E-state index contributed by atoms with van der Waals surface area (Å²) in [4.78, 5) is 17.4. The van der Waals surface area contributed by atoms with Gasteiger partial charge in [0.25, 0.3) is 0 Å². The molecule has 0 saturated carbocycles. The Morgan fingerprint density at radius 2 is 1.79 bits per heavy atom. The molecule has 34 heavy (non-hydrogen) atoms. The van der Waals surface area contributed by atoms with Crippen LogP contribution < -0.4 is 5.32 Å². The van der Waals surface area contributed by atoms with Gasteiger partial charge in [-0.15, -0.1) is 10.2 Å².